The summed E-state index contributed by atoms with van der Waals surface area (Å²) in [6, 6.07) is 5.50. The molecule has 1 saturated carbocycles. The maximum atomic E-state index is 14.2. The molecule has 2 aromatic heterocycles. The lowest BCUT2D eigenvalue weighted by molar-refractivity contribution is -0.135. The van der Waals surface area contributed by atoms with Crippen LogP contribution in [0.25, 0.3) is 11.0 Å². The molecule has 1 aromatic carbocycles. The van der Waals surface area contributed by atoms with Gasteiger partial charge in [-0.25, -0.2) is 23.6 Å². The van der Waals surface area contributed by atoms with Gasteiger partial charge in [-0.05, 0) is 95.6 Å². The van der Waals surface area contributed by atoms with E-state index in [0.29, 0.717) is 36.3 Å². The fourth-order valence-electron chi connectivity index (χ4n) is 8.88. The summed E-state index contributed by atoms with van der Waals surface area (Å²) in [4.78, 5) is 60.3. The number of benzene rings is 1. The first-order chi connectivity index (χ1) is 27.9. The molecular weight excluding hydrogens is 751 g/mol. The molecule has 4 aliphatic rings. The molecule has 1 atom stereocenters. The van der Waals surface area contributed by atoms with Gasteiger partial charge in [-0.3, -0.25) is 38.4 Å². The van der Waals surface area contributed by atoms with Crippen molar-refractivity contribution in [1.82, 2.24) is 44.4 Å². The molecule has 3 fully saturated rings. The van der Waals surface area contributed by atoms with E-state index in [1.54, 1.807) is 42.5 Å². The van der Waals surface area contributed by atoms with Crippen molar-refractivity contribution >= 4 is 47.0 Å². The standard InChI is InChI=1S/C40H52F2N12O4/c1-24(37-46-32(43-2)17-20-52(37)44-3)38(56)45-29-23-53(48-34(29)36(41)42)28-11-9-25(10-12-28)21-49(4)27-15-18-51(19-16-27)22-26-7-6-8-30-35(26)50(5)40(58)54(30)31-13-14-33(55)47-39(31)57/h6-8,17,20,23,25,27-28,31,36H,3,9-16,18-19,21-22H2,1-2,4-5H3,(H,43,46)(H,45,56)(H,47,55,57)/b37-24+/t25-,28-,31?. The number of carbonyl (C=O) groups excluding carboxylic acids is 3. The molecule has 7 rings (SSSR count). The molecule has 5 heterocycles. The van der Waals surface area contributed by atoms with Gasteiger partial charge in [0.15, 0.2) is 11.5 Å². The molecule has 0 bridgehead atoms. The summed E-state index contributed by atoms with van der Waals surface area (Å²) < 4.78 is 33.1. The van der Waals surface area contributed by atoms with Crippen LogP contribution >= 0.6 is 0 Å². The first-order valence-corrected chi connectivity index (χ1v) is 19.9. The minimum absolute atomic E-state index is 0.0261. The lowest BCUT2D eigenvalue weighted by Crippen LogP contribution is -2.44. The zero-order chi connectivity index (χ0) is 41.2. The van der Waals surface area contributed by atoms with E-state index in [1.165, 1.54) is 15.8 Å². The number of rotatable bonds is 11. The molecule has 1 aliphatic carbocycles. The number of carbonyl (C=O) groups is 3. The van der Waals surface area contributed by atoms with Crippen molar-refractivity contribution in [1.29, 1.82) is 0 Å². The van der Waals surface area contributed by atoms with Gasteiger partial charge >= 0.3 is 5.69 Å². The Morgan fingerprint density at radius 1 is 1.10 bits per heavy atom. The second-order valence-corrected chi connectivity index (χ2v) is 15.7. The number of piperidine rings is 2. The molecule has 1 unspecified atom stereocenters. The van der Waals surface area contributed by atoms with Crippen molar-refractivity contribution in [2.45, 2.75) is 89.4 Å². The first kappa shape index (κ1) is 40.7. The second kappa shape index (κ2) is 17.2. The average molecular weight is 803 g/mol. The molecule has 58 heavy (non-hydrogen) atoms. The number of likely N-dealkylation sites (N-methyl/N-ethyl adjacent to an activating group) is 1. The summed E-state index contributed by atoms with van der Waals surface area (Å²) in [6.45, 7) is 8.52. The summed E-state index contributed by atoms with van der Waals surface area (Å²) >= 11 is 0. The molecule has 0 spiro atoms. The molecule has 18 heteroatoms. The van der Waals surface area contributed by atoms with Crippen LogP contribution in [0, 0.1) is 5.92 Å². The largest absolute Gasteiger partial charge is 0.373 e. The smallest absolute Gasteiger partial charge is 0.329 e. The maximum Gasteiger partial charge on any atom is 0.329 e. The Balaban J connectivity index is 0.919. The number of amides is 3. The van der Waals surface area contributed by atoms with Crippen LogP contribution in [-0.2, 0) is 28.0 Å². The van der Waals surface area contributed by atoms with Crippen LogP contribution in [0.3, 0.4) is 0 Å². The van der Waals surface area contributed by atoms with Crippen LogP contribution in [0.4, 0.5) is 14.5 Å². The van der Waals surface area contributed by atoms with E-state index in [9.17, 15) is 28.0 Å². The second-order valence-electron chi connectivity index (χ2n) is 15.7. The molecular formula is C40H52F2N12O4. The number of alkyl halides is 2. The molecule has 310 valence electrons. The number of hydrazone groups is 1. The van der Waals surface area contributed by atoms with E-state index in [-0.39, 0.29) is 41.1 Å². The summed E-state index contributed by atoms with van der Waals surface area (Å²) in [5.41, 5.74) is 1.96. The van der Waals surface area contributed by atoms with E-state index in [1.807, 2.05) is 18.2 Å². The number of aliphatic imine (C=N–C) groups is 1. The number of fused-ring (bicyclic) bond motifs is 1. The summed E-state index contributed by atoms with van der Waals surface area (Å²) in [5.74, 6) is -0.144. The van der Waals surface area contributed by atoms with Gasteiger partial charge in [0.1, 0.15) is 11.9 Å². The topological polar surface area (TPSA) is 166 Å². The van der Waals surface area contributed by atoms with Crippen LogP contribution in [0.5, 0.6) is 0 Å². The SMILES string of the molecule is C=NN1C=CC(NC)=N/C1=C(/C)C(=O)Nc1cn([C@H]2CC[C@H](CN(C)C3CCN(Cc4cccc5c4n(C)c(=O)n5C4CCC(=O)NC4=O)CC3)CC2)nc1C(F)F. The highest BCUT2D eigenvalue weighted by Crippen LogP contribution is 2.36. The highest BCUT2D eigenvalue weighted by molar-refractivity contribution is 6.05. The molecule has 0 radical (unpaired) electrons. The van der Waals surface area contributed by atoms with Crippen LogP contribution in [0.15, 0.2) is 63.0 Å². The third-order valence-electron chi connectivity index (χ3n) is 12.1. The van der Waals surface area contributed by atoms with Gasteiger partial charge in [0.05, 0.1) is 28.3 Å². The first-order valence-electron chi connectivity index (χ1n) is 19.9. The van der Waals surface area contributed by atoms with Gasteiger partial charge in [-0.1, -0.05) is 12.1 Å². The van der Waals surface area contributed by atoms with Crippen LogP contribution in [-0.4, -0.2) is 104 Å². The zero-order valence-electron chi connectivity index (χ0n) is 33.5. The van der Waals surface area contributed by atoms with E-state index in [2.05, 4.69) is 54.7 Å². The van der Waals surface area contributed by atoms with E-state index in [4.69, 9.17) is 0 Å². The number of hydrogen-bond donors (Lipinski definition) is 3. The minimum atomic E-state index is -2.87. The molecule has 2 saturated heterocycles. The number of imide groups is 1. The van der Waals surface area contributed by atoms with Crippen molar-refractivity contribution in [3.63, 3.8) is 0 Å². The number of halogens is 2. The predicted molar refractivity (Wildman–Crippen MR) is 216 cm³/mol. The summed E-state index contributed by atoms with van der Waals surface area (Å²) in [7, 11) is 5.62. The van der Waals surface area contributed by atoms with Crippen molar-refractivity contribution in [3.05, 3.63) is 69.8 Å². The molecule has 3 aromatic rings. The number of aromatic nitrogens is 4. The minimum Gasteiger partial charge on any atom is -0.373 e. The lowest BCUT2D eigenvalue weighted by atomic mass is 9.85. The number of amidine groups is 1. The number of anilines is 1. The lowest BCUT2D eigenvalue weighted by Gasteiger charge is -2.39. The van der Waals surface area contributed by atoms with E-state index in [0.717, 1.165) is 69.2 Å². The third-order valence-corrected chi connectivity index (χ3v) is 12.1. The van der Waals surface area contributed by atoms with Crippen LogP contribution in [0.1, 0.15) is 88.1 Å². The highest BCUT2D eigenvalue weighted by Gasteiger charge is 2.33. The Bertz CT molecular complexity index is 2220. The number of nitrogens with one attached hydrogen (secondary N) is 3. The Kier molecular flexibility index (Phi) is 12.0. The van der Waals surface area contributed by atoms with Crippen molar-refractivity contribution in [2.75, 3.05) is 39.0 Å². The molecule has 3 amide bonds. The third kappa shape index (κ3) is 8.25. The van der Waals surface area contributed by atoms with Crippen LogP contribution < -0.4 is 21.6 Å². The van der Waals surface area contributed by atoms with Gasteiger partial charge in [-0.15, -0.1) is 0 Å². The zero-order valence-corrected chi connectivity index (χ0v) is 33.5. The van der Waals surface area contributed by atoms with Gasteiger partial charge in [0.25, 0.3) is 12.3 Å². The van der Waals surface area contributed by atoms with E-state index >= 15 is 0 Å². The normalized spacial score (nSPS) is 23.1. The Hall–Kier alpha value is -5.49. The molecule has 3 aliphatic heterocycles. The predicted octanol–water partition coefficient (Wildman–Crippen LogP) is 4.01. The fraction of sp³-hybridized carbons (Fsp3) is 0.525. The van der Waals surface area contributed by atoms with Gasteiger partial charge in [0.2, 0.25) is 11.8 Å². The Labute approximate surface area is 335 Å². The van der Waals surface area contributed by atoms with Crippen molar-refractivity contribution in [2.24, 2.45) is 23.1 Å². The summed E-state index contributed by atoms with van der Waals surface area (Å²) in [5, 5.41) is 17.4. The Morgan fingerprint density at radius 2 is 1.84 bits per heavy atom. The number of hydrogen-bond acceptors (Lipinski definition) is 11. The monoisotopic (exact) mass is 802 g/mol. The van der Waals surface area contributed by atoms with Crippen molar-refractivity contribution < 1.29 is 23.2 Å². The molecule has 16 nitrogen and oxygen atoms in total. The number of likely N-dealkylation sites (tertiary alicyclic amines) is 1. The van der Waals surface area contributed by atoms with E-state index < -0.39 is 30.0 Å². The van der Waals surface area contributed by atoms with Crippen molar-refractivity contribution in [3.8, 4) is 0 Å². The maximum absolute atomic E-state index is 14.2. The molecule has 3 N–H and O–H groups in total. The summed E-state index contributed by atoms with van der Waals surface area (Å²) in [6.07, 6.45) is 7.91. The highest BCUT2D eigenvalue weighted by atomic mass is 19.3. The van der Waals surface area contributed by atoms with Gasteiger partial charge < -0.3 is 15.5 Å². The Morgan fingerprint density at radius 3 is 2.52 bits per heavy atom. The number of aryl methyl sites for hydroxylation is 1. The number of imidazole rings is 1. The average Bonchev–Trinajstić information content (AvgIpc) is 3.76. The van der Waals surface area contributed by atoms with Gasteiger partial charge in [0, 0.05) is 58.8 Å². The number of nitrogens with zero attached hydrogens (tertiary/aromatic N) is 9. The van der Waals surface area contributed by atoms with Gasteiger partial charge in [-0.2, -0.15) is 10.2 Å². The quantitative estimate of drug-likeness (QED) is 0.148. The van der Waals surface area contributed by atoms with Crippen LogP contribution in [0.2, 0.25) is 0 Å². The number of para-hydroxylation sites is 1. The fourth-order valence-corrected chi connectivity index (χ4v) is 8.88.